The van der Waals surface area contributed by atoms with Gasteiger partial charge in [-0.15, -0.1) is 21.5 Å². The Morgan fingerprint density at radius 1 is 1.26 bits per heavy atom. The van der Waals surface area contributed by atoms with Crippen LogP contribution in [0.25, 0.3) is 21.3 Å². The Hall–Kier alpha value is -3.12. The molecule has 1 amide bonds. The van der Waals surface area contributed by atoms with Gasteiger partial charge >= 0.3 is 0 Å². The highest BCUT2D eigenvalue weighted by atomic mass is 32.2. The molecule has 2 N–H and O–H groups in total. The minimum absolute atomic E-state index is 0.00889. The number of rotatable bonds is 10. The first kappa shape index (κ1) is 27.4. The van der Waals surface area contributed by atoms with Gasteiger partial charge in [-0.2, -0.15) is 4.83 Å². The first-order chi connectivity index (χ1) is 18.6. The van der Waals surface area contributed by atoms with Gasteiger partial charge in [0.2, 0.25) is 11.8 Å². The SMILES string of the molecule is COC1CN(C(=O)c2cccc(-c3ccc4nc(C(c5nnc(CNNS(=O)[O-])o5)S(C)(=O)=O)sc4c3)c2)C1. The lowest BCUT2D eigenvalue weighted by atomic mass is 10.0. The van der Waals surface area contributed by atoms with E-state index in [9.17, 15) is 22.0 Å². The second-order valence-electron chi connectivity index (χ2n) is 8.82. The van der Waals surface area contributed by atoms with E-state index in [1.165, 1.54) is 11.3 Å². The van der Waals surface area contributed by atoms with E-state index in [0.717, 1.165) is 22.1 Å². The minimum Gasteiger partial charge on any atom is -0.759 e. The van der Waals surface area contributed by atoms with Gasteiger partial charge in [-0.3, -0.25) is 9.00 Å². The molecule has 0 radical (unpaired) electrons. The summed E-state index contributed by atoms with van der Waals surface area (Å²) in [5.74, 6) is -0.247. The molecule has 1 fully saturated rings. The summed E-state index contributed by atoms with van der Waals surface area (Å²) >= 11 is -1.36. The summed E-state index contributed by atoms with van der Waals surface area (Å²) in [5, 5.41) is 6.60. The number of likely N-dealkylation sites (tertiary alicyclic amines) is 1. The summed E-state index contributed by atoms with van der Waals surface area (Å²) in [5.41, 5.74) is 5.20. The molecule has 0 saturated carbocycles. The first-order valence-corrected chi connectivity index (χ1v) is 15.4. The van der Waals surface area contributed by atoms with Crippen molar-refractivity contribution in [3.63, 3.8) is 0 Å². The monoisotopic (exact) mass is 591 g/mol. The molecule has 2 unspecified atom stereocenters. The summed E-state index contributed by atoms with van der Waals surface area (Å²) in [7, 11) is -2.13. The van der Waals surface area contributed by atoms with Crippen molar-refractivity contribution < 1.29 is 31.1 Å². The maximum atomic E-state index is 12.8. The molecule has 3 heterocycles. The Kier molecular flexibility index (Phi) is 7.86. The minimum atomic E-state index is -3.76. The van der Waals surface area contributed by atoms with Crippen LogP contribution in [0.2, 0.25) is 0 Å². The number of carbonyl (C=O) groups is 1. The number of nitrogens with one attached hydrogen (secondary N) is 2. The molecule has 39 heavy (non-hydrogen) atoms. The zero-order chi connectivity index (χ0) is 27.7. The zero-order valence-corrected chi connectivity index (χ0v) is 23.1. The Morgan fingerprint density at radius 3 is 2.74 bits per heavy atom. The number of aromatic nitrogens is 3. The standard InChI is InChI=1S/C23H24N6O7S3/c1-35-16-11-29(12-16)23(30)15-5-3-4-13(8-15)14-6-7-17-18(9-14)37-22(25-17)20(39(2,33)34)21-27-26-19(36-21)10-24-28-38(31)32/h3-9,16,20,24,28H,10-12H2,1-2H3,(H,31,32)/p-1. The third-order valence-electron chi connectivity index (χ3n) is 6.07. The summed E-state index contributed by atoms with van der Waals surface area (Å²) in [6.07, 6.45) is 1.12. The fourth-order valence-electron chi connectivity index (χ4n) is 4.09. The molecule has 13 nitrogen and oxygen atoms in total. The number of hydrogen-bond acceptors (Lipinski definition) is 12. The highest BCUT2D eigenvalue weighted by Gasteiger charge is 2.34. The number of benzene rings is 2. The molecule has 1 aliphatic rings. The number of methoxy groups -OCH3 is 1. The molecule has 0 bridgehead atoms. The van der Waals surface area contributed by atoms with Crippen LogP contribution in [-0.2, 0) is 32.4 Å². The number of hydrazine groups is 1. The van der Waals surface area contributed by atoms with Gasteiger partial charge in [0, 0.05) is 43.3 Å². The quantitative estimate of drug-likeness (QED) is 0.201. The molecular formula is C23H23N6O7S3-. The number of thiazole rings is 1. The smallest absolute Gasteiger partial charge is 0.254 e. The van der Waals surface area contributed by atoms with Gasteiger partial charge in [-0.05, 0) is 35.4 Å². The molecule has 1 saturated heterocycles. The van der Waals surface area contributed by atoms with Crippen LogP contribution in [0.3, 0.4) is 0 Å². The van der Waals surface area contributed by atoms with E-state index in [0.29, 0.717) is 24.2 Å². The van der Waals surface area contributed by atoms with Gasteiger partial charge in [-0.1, -0.05) is 18.2 Å². The van der Waals surface area contributed by atoms with E-state index >= 15 is 0 Å². The van der Waals surface area contributed by atoms with Gasteiger partial charge < -0.3 is 18.6 Å². The van der Waals surface area contributed by atoms with Crippen molar-refractivity contribution in [3.05, 3.63) is 64.8 Å². The lowest BCUT2D eigenvalue weighted by Crippen LogP contribution is -2.54. The van der Waals surface area contributed by atoms with Crippen LogP contribution in [0, 0.1) is 0 Å². The van der Waals surface area contributed by atoms with Crippen molar-refractivity contribution >= 4 is 48.6 Å². The van der Waals surface area contributed by atoms with Crippen LogP contribution in [0.5, 0.6) is 0 Å². The lowest BCUT2D eigenvalue weighted by Gasteiger charge is -2.38. The van der Waals surface area contributed by atoms with Crippen molar-refractivity contribution in [2.75, 3.05) is 26.5 Å². The number of carbonyl (C=O) groups excluding carboxylic acids is 1. The number of amides is 1. The van der Waals surface area contributed by atoms with Crippen LogP contribution >= 0.6 is 11.3 Å². The topological polar surface area (TPSA) is 180 Å². The molecule has 0 spiro atoms. The van der Waals surface area contributed by atoms with Crippen molar-refractivity contribution in [2.24, 2.45) is 0 Å². The third kappa shape index (κ3) is 6.06. The molecular weight excluding hydrogens is 568 g/mol. The van der Waals surface area contributed by atoms with Gasteiger partial charge in [0.1, 0.15) is 5.01 Å². The summed E-state index contributed by atoms with van der Waals surface area (Å²) < 4.78 is 58.1. The van der Waals surface area contributed by atoms with Crippen molar-refractivity contribution in [2.45, 2.75) is 17.9 Å². The third-order valence-corrected chi connectivity index (χ3v) is 8.90. The highest BCUT2D eigenvalue weighted by Crippen LogP contribution is 2.36. The molecule has 4 aromatic rings. The second kappa shape index (κ2) is 11.2. The molecule has 2 aromatic heterocycles. The molecule has 16 heteroatoms. The number of nitrogens with zero attached hydrogens (tertiary/aromatic N) is 4. The number of hydrogen-bond donors (Lipinski definition) is 2. The van der Waals surface area contributed by atoms with E-state index in [2.05, 4.69) is 20.6 Å². The fourth-order valence-corrected chi connectivity index (χ4v) is 6.81. The van der Waals surface area contributed by atoms with Crippen LogP contribution in [0.4, 0.5) is 0 Å². The first-order valence-electron chi connectivity index (χ1n) is 11.5. The average molecular weight is 592 g/mol. The molecule has 2 aromatic carbocycles. The number of ether oxygens (including phenoxy) is 1. The predicted molar refractivity (Wildman–Crippen MR) is 142 cm³/mol. The van der Waals surface area contributed by atoms with Crippen molar-refractivity contribution in [3.8, 4) is 11.1 Å². The number of sulfone groups is 1. The van der Waals surface area contributed by atoms with E-state index in [1.54, 1.807) is 24.1 Å². The van der Waals surface area contributed by atoms with E-state index in [-0.39, 0.29) is 35.3 Å². The van der Waals surface area contributed by atoms with Crippen LogP contribution in [0.1, 0.15) is 32.4 Å². The molecule has 206 valence electrons. The highest BCUT2D eigenvalue weighted by molar-refractivity contribution is 7.91. The van der Waals surface area contributed by atoms with E-state index in [1.807, 2.05) is 35.2 Å². The number of fused-ring (bicyclic) bond motifs is 1. The van der Waals surface area contributed by atoms with Gasteiger partial charge in [-0.25, -0.2) is 18.8 Å². The fraction of sp³-hybridized carbons (Fsp3) is 0.304. The molecule has 2 atom stereocenters. The molecule has 0 aliphatic carbocycles. The maximum absolute atomic E-state index is 12.8. The van der Waals surface area contributed by atoms with Crippen molar-refractivity contribution in [1.82, 2.24) is 30.3 Å². The summed E-state index contributed by atoms with van der Waals surface area (Å²) in [6, 6.07) is 12.9. The largest absolute Gasteiger partial charge is 0.759 e. The molecule has 5 rings (SSSR count). The van der Waals surface area contributed by atoms with Gasteiger partial charge in [0.05, 0.1) is 22.9 Å². The van der Waals surface area contributed by atoms with E-state index in [4.69, 9.17) is 9.15 Å². The Morgan fingerprint density at radius 2 is 2.03 bits per heavy atom. The van der Waals surface area contributed by atoms with Gasteiger partial charge in [0.25, 0.3) is 5.91 Å². The van der Waals surface area contributed by atoms with E-state index < -0.39 is 26.4 Å². The Bertz CT molecular complexity index is 1650. The van der Waals surface area contributed by atoms with Crippen LogP contribution in [0.15, 0.2) is 46.9 Å². The molecule has 1 aliphatic heterocycles. The summed E-state index contributed by atoms with van der Waals surface area (Å²) in [4.78, 5) is 21.0. The van der Waals surface area contributed by atoms with Crippen LogP contribution < -0.4 is 10.3 Å². The van der Waals surface area contributed by atoms with Crippen molar-refractivity contribution in [1.29, 1.82) is 0 Å². The Balaban J connectivity index is 1.41. The summed E-state index contributed by atoms with van der Waals surface area (Å²) in [6.45, 7) is 0.978. The average Bonchev–Trinajstić information content (AvgIpc) is 3.49. The second-order valence-corrected chi connectivity index (χ2v) is 12.7. The zero-order valence-electron chi connectivity index (χ0n) is 20.7. The normalized spacial score (nSPS) is 15.8. The van der Waals surface area contributed by atoms with Gasteiger partial charge in [0.15, 0.2) is 15.1 Å². The van der Waals surface area contributed by atoms with Crippen LogP contribution in [-0.4, -0.2) is 75.7 Å². The lowest BCUT2D eigenvalue weighted by molar-refractivity contribution is -0.0191. The maximum Gasteiger partial charge on any atom is 0.254 e. The Labute approximate surface area is 229 Å². The predicted octanol–water partition coefficient (Wildman–Crippen LogP) is 1.34.